The monoisotopic (exact) mass is 464 g/mol. The Balaban J connectivity index is 2.14. The normalized spacial score (nSPS) is 10.9. The molecule has 114 valence electrons. The van der Waals surface area contributed by atoms with Gasteiger partial charge in [-0.3, -0.25) is 4.79 Å². The molecule has 0 aliphatic rings. The summed E-state index contributed by atoms with van der Waals surface area (Å²) in [5, 5.41) is 14.0. The molecule has 0 bridgehead atoms. The van der Waals surface area contributed by atoms with Gasteiger partial charge in [0.1, 0.15) is 5.75 Å². The highest BCUT2D eigenvalue weighted by Gasteiger charge is 2.10. The number of carbonyl (C=O) groups excluding carboxylic acids is 1. The number of phenols is 1. The predicted molar refractivity (Wildman–Crippen MR) is 95.0 cm³/mol. The van der Waals surface area contributed by atoms with E-state index in [9.17, 15) is 9.90 Å². The lowest BCUT2D eigenvalue weighted by Gasteiger charge is -2.04. The van der Waals surface area contributed by atoms with Crippen LogP contribution in [-0.2, 0) is 0 Å². The quantitative estimate of drug-likeness (QED) is 0.494. The van der Waals surface area contributed by atoms with E-state index < -0.39 is 5.91 Å². The van der Waals surface area contributed by atoms with Gasteiger partial charge in [0.05, 0.1) is 16.8 Å². The number of carbonyl (C=O) groups is 1. The van der Waals surface area contributed by atoms with Gasteiger partial charge < -0.3 is 5.11 Å². The molecule has 0 atom stereocenters. The summed E-state index contributed by atoms with van der Waals surface area (Å²) >= 11 is 18.2. The molecule has 0 radical (unpaired) electrons. The molecule has 1 amide bonds. The van der Waals surface area contributed by atoms with Gasteiger partial charge >= 0.3 is 0 Å². The summed E-state index contributed by atoms with van der Waals surface area (Å²) in [4.78, 5) is 12.0. The van der Waals surface area contributed by atoms with Crippen molar-refractivity contribution in [3.63, 3.8) is 0 Å². The van der Waals surface area contributed by atoms with Crippen molar-refractivity contribution in [3.8, 4) is 5.75 Å². The molecule has 0 aliphatic carbocycles. The number of amides is 1. The first-order chi connectivity index (χ1) is 10.4. The number of aromatic hydroxyl groups is 1. The Morgan fingerprint density at radius 2 is 1.95 bits per heavy atom. The third-order valence-corrected chi connectivity index (χ3v) is 4.26. The minimum absolute atomic E-state index is 0.107. The highest BCUT2D eigenvalue weighted by atomic mass is 79.9. The van der Waals surface area contributed by atoms with Crippen LogP contribution in [0.4, 0.5) is 0 Å². The standard InChI is InChI=1S/C14H8Br2Cl2N2O2/c15-8-1-2-10(11(16)4-8)14(22)20-19-6-7-3-9(17)5-12(18)13(7)21/h1-6,21H,(H,20,22)/b19-6+. The zero-order valence-corrected chi connectivity index (χ0v) is 15.5. The largest absolute Gasteiger partial charge is 0.506 e. The summed E-state index contributed by atoms with van der Waals surface area (Å²) in [5.41, 5.74) is 3.09. The number of nitrogens with one attached hydrogen (secondary N) is 1. The Bertz CT molecular complexity index is 767. The highest BCUT2D eigenvalue weighted by molar-refractivity contribution is 9.11. The number of halogens is 4. The van der Waals surface area contributed by atoms with Crippen molar-refractivity contribution in [1.82, 2.24) is 5.43 Å². The molecule has 0 saturated heterocycles. The number of nitrogens with zero attached hydrogens (tertiary/aromatic N) is 1. The Labute approximate surface area is 153 Å². The van der Waals surface area contributed by atoms with E-state index in [0.717, 1.165) is 4.47 Å². The minimum Gasteiger partial charge on any atom is -0.506 e. The Morgan fingerprint density at radius 3 is 2.64 bits per heavy atom. The lowest BCUT2D eigenvalue weighted by Crippen LogP contribution is -2.18. The van der Waals surface area contributed by atoms with Crippen LogP contribution in [0.2, 0.25) is 10.0 Å². The van der Waals surface area contributed by atoms with Crippen LogP contribution in [0.3, 0.4) is 0 Å². The maximum Gasteiger partial charge on any atom is 0.272 e. The van der Waals surface area contributed by atoms with Gasteiger partial charge in [-0.25, -0.2) is 5.43 Å². The Hall–Kier alpha value is -1.08. The Kier molecular flexibility index (Phi) is 5.86. The van der Waals surface area contributed by atoms with Crippen LogP contribution >= 0.6 is 55.1 Å². The summed E-state index contributed by atoms with van der Waals surface area (Å²) in [5.74, 6) is -0.558. The van der Waals surface area contributed by atoms with E-state index in [1.165, 1.54) is 18.3 Å². The highest BCUT2D eigenvalue weighted by Crippen LogP contribution is 2.30. The molecule has 0 aliphatic heterocycles. The summed E-state index contributed by atoms with van der Waals surface area (Å²) < 4.78 is 1.47. The molecule has 2 rings (SSSR count). The average Bonchev–Trinajstić information content (AvgIpc) is 2.43. The summed E-state index contributed by atoms with van der Waals surface area (Å²) in [7, 11) is 0. The molecule has 0 spiro atoms. The van der Waals surface area contributed by atoms with Crippen LogP contribution in [-0.4, -0.2) is 17.2 Å². The maximum atomic E-state index is 12.0. The van der Waals surface area contributed by atoms with Crippen molar-refractivity contribution in [1.29, 1.82) is 0 Å². The molecule has 0 fully saturated rings. The van der Waals surface area contributed by atoms with Crippen LogP contribution in [0.25, 0.3) is 0 Å². The second-order valence-electron chi connectivity index (χ2n) is 4.15. The smallest absolute Gasteiger partial charge is 0.272 e. The molecule has 2 N–H and O–H groups in total. The van der Waals surface area contributed by atoms with E-state index in [4.69, 9.17) is 23.2 Å². The van der Waals surface area contributed by atoms with Crippen molar-refractivity contribution < 1.29 is 9.90 Å². The zero-order valence-electron chi connectivity index (χ0n) is 10.8. The molecular formula is C14H8Br2Cl2N2O2. The van der Waals surface area contributed by atoms with E-state index in [1.54, 1.807) is 18.2 Å². The number of hydrogen-bond acceptors (Lipinski definition) is 3. The van der Waals surface area contributed by atoms with Crippen molar-refractivity contribution in [2.45, 2.75) is 0 Å². The number of benzene rings is 2. The van der Waals surface area contributed by atoms with Gasteiger partial charge in [0.25, 0.3) is 5.91 Å². The predicted octanol–water partition coefficient (Wildman–Crippen LogP) is 4.99. The van der Waals surface area contributed by atoms with Crippen LogP contribution in [0.1, 0.15) is 15.9 Å². The van der Waals surface area contributed by atoms with E-state index in [-0.39, 0.29) is 10.8 Å². The second-order valence-corrected chi connectivity index (χ2v) is 6.76. The number of hydrazone groups is 1. The first kappa shape index (κ1) is 17.3. The van der Waals surface area contributed by atoms with Crippen LogP contribution in [0, 0.1) is 0 Å². The fraction of sp³-hybridized carbons (Fsp3) is 0. The second kappa shape index (κ2) is 7.46. The van der Waals surface area contributed by atoms with Crippen molar-refractivity contribution in [2.24, 2.45) is 5.10 Å². The van der Waals surface area contributed by atoms with Gasteiger partial charge in [-0.15, -0.1) is 0 Å². The van der Waals surface area contributed by atoms with Gasteiger partial charge in [0.2, 0.25) is 0 Å². The van der Waals surface area contributed by atoms with Gasteiger partial charge in [-0.05, 0) is 46.3 Å². The van der Waals surface area contributed by atoms with E-state index >= 15 is 0 Å². The SMILES string of the molecule is O=C(N/N=C/c1cc(Cl)cc(Cl)c1O)c1ccc(Br)cc1Br. The third kappa shape index (κ3) is 4.23. The molecule has 0 saturated carbocycles. The topological polar surface area (TPSA) is 61.7 Å². The van der Waals surface area contributed by atoms with Gasteiger partial charge in [-0.2, -0.15) is 5.10 Å². The molecule has 0 unspecified atom stereocenters. The fourth-order valence-electron chi connectivity index (χ4n) is 1.58. The molecule has 22 heavy (non-hydrogen) atoms. The van der Waals surface area contributed by atoms with Crippen LogP contribution in [0.15, 0.2) is 44.4 Å². The molecule has 8 heteroatoms. The van der Waals surface area contributed by atoms with E-state index in [2.05, 4.69) is 42.4 Å². The lowest BCUT2D eigenvalue weighted by atomic mass is 10.2. The minimum atomic E-state index is -0.400. The first-order valence-electron chi connectivity index (χ1n) is 5.85. The molecule has 4 nitrogen and oxygen atoms in total. The summed E-state index contributed by atoms with van der Waals surface area (Å²) in [6.45, 7) is 0. The van der Waals surface area contributed by atoms with Crippen molar-refractivity contribution in [3.05, 3.63) is 60.4 Å². The van der Waals surface area contributed by atoms with Crippen molar-refractivity contribution in [2.75, 3.05) is 0 Å². The molecular weight excluding hydrogens is 459 g/mol. The van der Waals surface area contributed by atoms with E-state index in [0.29, 0.717) is 20.6 Å². The van der Waals surface area contributed by atoms with Crippen molar-refractivity contribution >= 4 is 67.2 Å². The molecule has 0 heterocycles. The van der Waals surface area contributed by atoms with Crippen LogP contribution in [0.5, 0.6) is 5.75 Å². The fourth-order valence-corrected chi connectivity index (χ4v) is 3.31. The number of hydrogen-bond donors (Lipinski definition) is 2. The molecule has 0 aromatic heterocycles. The average molecular weight is 467 g/mol. The molecule has 2 aromatic rings. The summed E-state index contributed by atoms with van der Waals surface area (Å²) in [6, 6.07) is 8.03. The molecule has 2 aromatic carbocycles. The number of phenolic OH excluding ortho intramolecular Hbond substituents is 1. The maximum absolute atomic E-state index is 12.0. The summed E-state index contributed by atoms with van der Waals surface area (Å²) in [6.07, 6.45) is 1.26. The van der Waals surface area contributed by atoms with Crippen LogP contribution < -0.4 is 5.43 Å². The van der Waals surface area contributed by atoms with Gasteiger partial charge in [-0.1, -0.05) is 39.1 Å². The third-order valence-electron chi connectivity index (χ3n) is 2.60. The first-order valence-corrected chi connectivity index (χ1v) is 8.19. The Morgan fingerprint density at radius 1 is 1.23 bits per heavy atom. The van der Waals surface area contributed by atoms with Gasteiger partial charge in [0, 0.05) is 19.5 Å². The zero-order chi connectivity index (χ0) is 16.3. The lowest BCUT2D eigenvalue weighted by molar-refractivity contribution is 0.0954. The van der Waals surface area contributed by atoms with Gasteiger partial charge in [0.15, 0.2) is 0 Å². The number of rotatable bonds is 3. The van der Waals surface area contributed by atoms with E-state index in [1.807, 2.05) is 0 Å².